The van der Waals surface area contributed by atoms with E-state index >= 15 is 0 Å². The lowest BCUT2D eigenvalue weighted by atomic mass is 10.1. The third-order valence-electron chi connectivity index (χ3n) is 4.30. The smallest absolute Gasteiger partial charge is 0.269 e. The first-order chi connectivity index (χ1) is 10.6. The van der Waals surface area contributed by atoms with Crippen LogP contribution in [0.1, 0.15) is 23.0 Å². The number of benzene rings is 1. The van der Waals surface area contributed by atoms with Crippen LogP contribution >= 0.6 is 0 Å². The van der Waals surface area contributed by atoms with E-state index in [4.69, 9.17) is 0 Å². The topological polar surface area (TPSA) is 50.2 Å². The molecular weight excluding hydrogens is 276 g/mol. The highest BCUT2D eigenvalue weighted by molar-refractivity contribution is 5.92. The average Bonchev–Trinajstić information content (AvgIpc) is 3.06. The fraction of sp³-hybridized carbons (Fsp3) is 0.412. The molecule has 0 bridgehead atoms. The maximum absolute atomic E-state index is 12.3. The molecule has 1 aromatic carbocycles. The average molecular weight is 298 g/mol. The molecule has 2 aromatic rings. The number of carbonyl (C=O) groups excluding carboxylic acids is 1. The Morgan fingerprint density at radius 1 is 1.32 bits per heavy atom. The van der Waals surface area contributed by atoms with E-state index in [2.05, 4.69) is 46.4 Å². The van der Waals surface area contributed by atoms with E-state index in [9.17, 15) is 4.79 Å². The number of imidazole rings is 1. The zero-order chi connectivity index (χ0) is 15.5. The molecule has 116 valence electrons. The molecule has 1 amide bonds. The Bertz CT molecular complexity index is 637. The van der Waals surface area contributed by atoms with Crippen molar-refractivity contribution in [3.05, 3.63) is 54.1 Å². The fourth-order valence-corrected chi connectivity index (χ4v) is 3.04. The standard InChI is InChI=1S/C17H22N4O/c1-13-9-21(10-14-6-4-3-5-7-14)11-15(13)19-17(22)16-8-18-12-20(16)2/h3-8,12-13,15H,9-11H2,1-2H3,(H,19,22)/t13-,15+/m1/s1. The van der Waals surface area contributed by atoms with Gasteiger partial charge in [-0.15, -0.1) is 0 Å². The van der Waals surface area contributed by atoms with Gasteiger partial charge in [0.15, 0.2) is 0 Å². The first-order valence-electron chi connectivity index (χ1n) is 7.67. The number of nitrogens with one attached hydrogen (secondary N) is 1. The summed E-state index contributed by atoms with van der Waals surface area (Å²) in [6, 6.07) is 10.6. The van der Waals surface area contributed by atoms with Gasteiger partial charge in [0.2, 0.25) is 0 Å². The normalized spacial score (nSPS) is 21.9. The number of amides is 1. The minimum absolute atomic E-state index is 0.0431. The zero-order valence-corrected chi connectivity index (χ0v) is 13.1. The molecule has 2 atom stereocenters. The summed E-state index contributed by atoms with van der Waals surface area (Å²) in [5.41, 5.74) is 1.92. The molecule has 0 radical (unpaired) electrons. The van der Waals surface area contributed by atoms with E-state index in [1.54, 1.807) is 17.1 Å². The van der Waals surface area contributed by atoms with Crippen LogP contribution in [0.2, 0.25) is 0 Å². The highest BCUT2D eigenvalue weighted by Gasteiger charge is 2.31. The van der Waals surface area contributed by atoms with Crippen LogP contribution in [0, 0.1) is 5.92 Å². The molecule has 1 aliphatic rings. The second kappa shape index (κ2) is 6.32. The molecule has 2 heterocycles. The van der Waals surface area contributed by atoms with Gasteiger partial charge in [0.25, 0.3) is 5.91 Å². The van der Waals surface area contributed by atoms with Gasteiger partial charge in [0.05, 0.1) is 12.5 Å². The Morgan fingerprint density at radius 3 is 2.77 bits per heavy atom. The Morgan fingerprint density at radius 2 is 2.09 bits per heavy atom. The molecule has 1 aliphatic heterocycles. The molecule has 0 spiro atoms. The summed E-state index contributed by atoms with van der Waals surface area (Å²) < 4.78 is 1.75. The second-order valence-electron chi connectivity index (χ2n) is 6.13. The van der Waals surface area contributed by atoms with Crippen molar-refractivity contribution in [2.75, 3.05) is 13.1 Å². The highest BCUT2D eigenvalue weighted by Crippen LogP contribution is 2.19. The number of hydrogen-bond donors (Lipinski definition) is 1. The van der Waals surface area contributed by atoms with Gasteiger partial charge in [-0.1, -0.05) is 37.3 Å². The minimum Gasteiger partial charge on any atom is -0.346 e. The van der Waals surface area contributed by atoms with Crippen LogP contribution < -0.4 is 5.32 Å². The summed E-state index contributed by atoms with van der Waals surface area (Å²) in [6.45, 7) is 5.02. The zero-order valence-electron chi connectivity index (χ0n) is 13.1. The summed E-state index contributed by atoms with van der Waals surface area (Å²) >= 11 is 0. The number of rotatable bonds is 4. The van der Waals surface area contributed by atoms with E-state index in [1.165, 1.54) is 5.56 Å². The Kier molecular flexibility index (Phi) is 4.24. The van der Waals surface area contributed by atoms with Crippen molar-refractivity contribution in [2.24, 2.45) is 13.0 Å². The predicted octanol–water partition coefficient (Wildman–Crippen LogP) is 1.67. The Balaban J connectivity index is 1.59. The lowest BCUT2D eigenvalue weighted by molar-refractivity contribution is 0.0923. The molecular formula is C17H22N4O. The SMILES string of the molecule is C[C@@H]1CN(Cc2ccccc2)C[C@@H]1NC(=O)c1cncn1C. The number of aromatic nitrogens is 2. The highest BCUT2D eigenvalue weighted by atomic mass is 16.2. The van der Waals surface area contributed by atoms with Crippen LogP contribution in [-0.4, -0.2) is 39.5 Å². The molecule has 3 rings (SSSR count). The van der Waals surface area contributed by atoms with Crippen molar-refractivity contribution >= 4 is 5.91 Å². The second-order valence-corrected chi connectivity index (χ2v) is 6.13. The van der Waals surface area contributed by atoms with Crippen molar-refractivity contribution in [1.29, 1.82) is 0 Å². The predicted molar refractivity (Wildman–Crippen MR) is 85.3 cm³/mol. The van der Waals surface area contributed by atoms with Gasteiger partial charge in [-0.05, 0) is 11.5 Å². The quantitative estimate of drug-likeness (QED) is 0.934. The maximum atomic E-state index is 12.3. The van der Waals surface area contributed by atoms with Crippen molar-refractivity contribution in [3.8, 4) is 0 Å². The Labute approximate surface area is 131 Å². The molecule has 5 heteroatoms. The first kappa shape index (κ1) is 14.8. The fourth-order valence-electron chi connectivity index (χ4n) is 3.04. The molecule has 0 aliphatic carbocycles. The van der Waals surface area contributed by atoms with E-state index in [-0.39, 0.29) is 11.9 Å². The van der Waals surface area contributed by atoms with Crippen LogP contribution in [0.25, 0.3) is 0 Å². The van der Waals surface area contributed by atoms with E-state index in [0.29, 0.717) is 11.6 Å². The summed E-state index contributed by atoms with van der Waals surface area (Å²) in [5, 5.41) is 3.15. The van der Waals surface area contributed by atoms with Gasteiger partial charge in [0.1, 0.15) is 5.69 Å². The third kappa shape index (κ3) is 3.20. The number of hydrogen-bond acceptors (Lipinski definition) is 3. The lowest BCUT2D eigenvalue weighted by Crippen LogP contribution is -2.40. The van der Waals surface area contributed by atoms with Crippen molar-refractivity contribution < 1.29 is 4.79 Å². The van der Waals surface area contributed by atoms with Crippen LogP contribution in [0.4, 0.5) is 0 Å². The number of aryl methyl sites for hydroxylation is 1. The molecule has 1 N–H and O–H groups in total. The molecule has 0 saturated carbocycles. The molecule has 1 fully saturated rings. The van der Waals surface area contributed by atoms with Gasteiger partial charge in [-0.25, -0.2) is 4.98 Å². The van der Waals surface area contributed by atoms with Gasteiger partial charge >= 0.3 is 0 Å². The summed E-state index contributed by atoms with van der Waals surface area (Å²) in [6.07, 6.45) is 3.26. The van der Waals surface area contributed by atoms with Crippen molar-refractivity contribution in [1.82, 2.24) is 19.8 Å². The van der Waals surface area contributed by atoms with Crippen molar-refractivity contribution in [3.63, 3.8) is 0 Å². The van der Waals surface area contributed by atoms with E-state index in [0.717, 1.165) is 19.6 Å². The molecule has 1 aromatic heterocycles. The maximum Gasteiger partial charge on any atom is 0.269 e. The summed E-state index contributed by atoms with van der Waals surface area (Å²) in [7, 11) is 1.84. The summed E-state index contributed by atoms with van der Waals surface area (Å²) in [5.74, 6) is 0.402. The van der Waals surface area contributed by atoms with Crippen LogP contribution in [0.5, 0.6) is 0 Å². The Hall–Kier alpha value is -2.14. The molecule has 22 heavy (non-hydrogen) atoms. The van der Waals surface area contributed by atoms with Gasteiger partial charge in [0, 0.05) is 32.7 Å². The van der Waals surface area contributed by atoms with E-state index in [1.807, 2.05) is 13.1 Å². The minimum atomic E-state index is -0.0431. The van der Waals surface area contributed by atoms with Gasteiger partial charge < -0.3 is 9.88 Å². The first-order valence-corrected chi connectivity index (χ1v) is 7.67. The third-order valence-corrected chi connectivity index (χ3v) is 4.30. The summed E-state index contributed by atoms with van der Waals surface area (Å²) in [4.78, 5) is 18.7. The number of nitrogens with zero attached hydrogens (tertiary/aromatic N) is 3. The molecule has 1 saturated heterocycles. The number of carbonyl (C=O) groups is 1. The van der Waals surface area contributed by atoms with Crippen molar-refractivity contribution in [2.45, 2.75) is 19.5 Å². The largest absolute Gasteiger partial charge is 0.346 e. The number of likely N-dealkylation sites (tertiary alicyclic amines) is 1. The van der Waals surface area contributed by atoms with Crippen LogP contribution in [0.15, 0.2) is 42.9 Å². The lowest BCUT2D eigenvalue weighted by Gasteiger charge is -2.17. The molecule has 5 nitrogen and oxygen atoms in total. The monoisotopic (exact) mass is 298 g/mol. The van der Waals surface area contributed by atoms with Gasteiger partial charge in [-0.2, -0.15) is 0 Å². The molecule has 0 unspecified atom stereocenters. The van der Waals surface area contributed by atoms with Crippen LogP contribution in [-0.2, 0) is 13.6 Å². The van der Waals surface area contributed by atoms with Crippen LogP contribution in [0.3, 0.4) is 0 Å². The van der Waals surface area contributed by atoms with Gasteiger partial charge in [-0.3, -0.25) is 9.69 Å². The van der Waals surface area contributed by atoms with E-state index < -0.39 is 0 Å².